The quantitative estimate of drug-likeness (QED) is 0.200. The van der Waals surface area contributed by atoms with Crippen LogP contribution in [-0.2, 0) is 5.41 Å². The van der Waals surface area contributed by atoms with Gasteiger partial charge in [0.05, 0.1) is 16.7 Å². The van der Waals surface area contributed by atoms with Crippen LogP contribution in [0.15, 0.2) is 127 Å². The Morgan fingerprint density at radius 1 is 0.578 bits per heavy atom. The average molecular weight is 594 g/mol. The number of nitrogens with zero attached hydrogens (tertiary/aromatic N) is 3. The molecule has 1 aliphatic rings. The number of benzene rings is 6. The molecule has 0 atom stereocenters. The molecule has 0 spiro atoms. The van der Waals surface area contributed by atoms with Crippen LogP contribution in [0.25, 0.3) is 81.1 Å². The molecule has 10 rings (SSSR count). The molecule has 6 aromatic carbocycles. The molecular formula is C41H27N3S. The third kappa shape index (κ3) is 3.35. The second kappa shape index (κ2) is 8.87. The van der Waals surface area contributed by atoms with Crippen molar-refractivity contribution in [2.24, 2.45) is 0 Å². The van der Waals surface area contributed by atoms with Crippen molar-refractivity contribution >= 4 is 64.1 Å². The molecule has 4 heteroatoms. The van der Waals surface area contributed by atoms with E-state index in [1.165, 1.54) is 52.8 Å². The average Bonchev–Trinajstić information content (AvgIpc) is 3.69. The minimum Gasteiger partial charge on any atom is -0.293 e. The number of fused-ring (bicyclic) bond motifs is 10. The maximum absolute atomic E-state index is 5.58. The molecule has 3 heterocycles. The third-order valence-electron chi connectivity index (χ3n) is 9.75. The number of hydrogen-bond acceptors (Lipinski definition) is 3. The Morgan fingerprint density at radius 3 is 2.16 bits per heavy atom. The van der Waals surface area contributed by atoms with E-state index in [9.17, 15) is 0 Å². The molecular weight excluding hydrogens is 567 g/mol. The molecule has 0 saturated carbocycles. The van der Waals surface area contributed by atoms with Gasteiger partial charge in [-0.05, 0) is 52.2 Å². The molecule has 212 valence electrons. The van der Waals surface area contributed by atoms with Crippen molar-refractivity contribution in [2.45, 2.75) is 19.3 Å². The lowest BCUT2D eigenvalue weighted by Gasteiger charge is -2.21. The highest BCUT2D eigenvalue weighted by Crippen LogP contribution is 2.51. The fourth-order valence-corrected chi connectivity index (χ4v) is 8.82. The van der Waals surface area contributed by atoms with E-state index in [1.807, 2.05) is 11.3 Å². The highest BCUT2D eigenvalue weighted by atomic mass is 32.1. The summed E-state index contributed by atoms with van der Waals surface area (Å²) < 4.78 is 4.90. The van der Waals surface area contributed by atoms with Crippen LogP contribution in [0.1, 0.15) is 25.1 Å². The van der Waals surface area contributed by atoms with E-state index >= 15 is 0 Å². The summed E-state index contributed by atoms with van der Waals surface area (Å²) in [7, 11) is 0. The molecule has 3 nitrogen and oxygen atoms in total. The van der Waals surface area contributed by atoms with Gasteiger partial charge < -0.3 is 0 Å². The molecule has 0 aliphatic heterocycles. The van der Waals surface area contributed by atoms with Crippen LogP contribution in [-0.4, -0.2) is 14.5 Å². The molecule has 0 N–H and O–H groups in total. The summed E-state index contributed by atoms with van der Waals surface area (Å²) >= 11 is 1.83. The Hall–Kier alpha value is -5.32. The van der Waals surface area contributed by atoms with E-state index in [2.05, 4.69) is 146 Å². The summed E-state index contributed by atoms with van der Waals surface area (Å²) in [4.78, 5) is 11.1. The maximum atomic E-state index is 5.58. The van der Waals surface area contributed by atoms with E-state index in [1.54, 1.807) is 0 Å². The molecule has 0 unspecified atom stereocenters. The molecule has 0 saturated heterocycles. The van der Waals surface area contributed by atoms with E-state index in [0.29, 0.717) is 0 Å². The van der Waals surface area contributed by atoms with Gasteiger partial charge in [-0.25, -0.2) is 9.97 Å². The van der Waals surface area contributed by atoms with Crippen LogP contribution in [0.5, 0.6) is 0 Å². The van der Waals surface area contributed by atoms with Crippen LogP contribution in [0, 0.1) is 0 Å². The zero-order chi connectivity index (χ0) is 29.9. The summed E-state index contributed by atoms with van der Waals surface area (Å²) in [6, 6.07) is 46.1. The Labute approximate surface area is 264 Å². The van der Waals surface area contributed by atoms with Crippen LogP contribution in [0.4, 0.5) is 0 Å². The van der Waals surface area contributed by atoms with Crippen molar-refractivity contribution in [1.29, 1.82) is 0 Å². The van der Waals surface area contributed by atoms with Gasteiger partial charge in [-0.15, -0.1) is 11.3 Å². The third-order valence-corrected chi connectivity index (χ3v) is 11.0. The van der Waals surface area contributed by atoms with Crippen LogP contribution < -0.4 is 0 Å². The van der Waals surface area contributed by atoms with Gasteiger partial charge in [-0.2, -0.15) is 0 Å². The number of para-hydroxylation sites is 1. The van der Waals surface area contributed by atoms with E-state index in [-0.39, 0.29) is 5.41 Å². The second-order valence-electron chi connectivity index (χ2n) is 12.6. The highest BCUT2D eigenvalue weighted by Gasteiger charge is 2.40. The lowest BCUT2D eigenvalue weighted by Crippen LogP contribution is -2.18. The molecule has 45 heavy (non-hydrogen) atoms. The molecule has 0 bridgehead atoms. The minimum absolute atomic E-state index is 0.280. The molecule has 0 amide bonds. The van der Waals surface area contributed by atoms with E-state index in [0.717, 1.165) is 39.5 Å². The highest BCUT2D eigenvalue weighted by molar-refractivity contribution is 7.26. The van der Waals surface area contributed by atoms with E-state index < -0.39 is 0 Å². The fourth-order valence-electron chi connectivity index (χ4n) is 7.61. The Balaban J connectivity index is 1.38. The van der Waals surface area contributed by atoms with Crippen molar-refractivity contribution in [3.05, 3.63) is 139 Å². The first-order valence-corrected chi connectivity index (χ1v) is 16.2. The van der Waals surface area contributed by atoms with Gasteiger partial charge in [-0.3, -0.25) is 4.57 Å². The minimum atomic E-state index is -0.280. The molecule has 0 radical (unpaired) electrons. The summed E-state index contributed by atoms with van der Waals surface area (Å²) in [6.07, 6.45) is 0. The summed E-state index contributed by atoms with van der Waals surface area (Å²) in [5, 5.41) is 7.45. The first-order valence-electron chi connectivity index (χ1n) is 15.4. The maximum Gasteiger partial charge on any atom is 0.163 e. The van der Waals surface area contributed by atoms with Crippen molar-refractivity contribution in [3.8, 4) is 28.3 Å². The zero-order valence-electron chi connectivity index (χ0n) is 24.9. The van der Waals surface area contributed by atoms with Gasteiger partial charge >= 0.3 is 0 Å². The summed E-state index contributed by atoms with van der Waals surface area (Å²) in [5.74, 6) is 1.71. The SMILES string of the molecule is CC1(C)c2ccccc2-c2c(-n3c4ccccc4c4cc5ccccc5cc43)nc(-c3cccc4c3sc3ccccc34)nc21. The van der Waals surface area contributed by atoms with Crippen LogP contribution >= 0.6 is 11.3 Å². The van der Waals surface area contributed by atoms with Gasteiger partial charge in [0, 0.05) is 47.5 Å². The van der Waals surface area contributed by atoms with Crippen molar-refractivity contribution < 1.29 is 0 Å². The van der Waals surface area contributed by atoms with Gasteiger partial charge in [0.25, 0.3) is 0 Å². The molecule has 3 aromatic heterocycles. The monoisotopic (exact) mass is 593 g/mol. The normalized spacial score (nSPS) is 13.7. The van der Waals surface area contributed by atoms with Gasteiger partial charge in [0.15, 0.2) is 5.82 Å². The second-order valence-corrected chi connectivity index (χ2v) is 13.7. The van der Waals surface area contributed by atoms with Crippen LogP contribution in [0.2, 0.25) is 0 Å². The predicted octanol–water partition coefficient (Wildman–Crippen LogP) is 11.1. The number of hydrogen-bond donors (Lipinski definition) is 0. The zero-order valence-corrected chi connectivity index (χ0v) is 25.7. The smallest absolute Gasteiger partial charge is 0.163 e. The van der Waals surface area contributed by atoms with Crippen LogP contribution in [0.3, 0.4) is 0 Å². The summed E-state index contributed by atoms with van der Waals surface area (Å²) in [6.45, 7) is 4.61. The Morgan fingerprint density at radius 2 is 1.27 bits per heavy atom. The first-order chi connectivity index (χ1) is 22.1. The van der Waals surface area contributed by atoms with E-state index in [4.69, 9.17) is 9.97 Å². The number of thiophene rings is 1. The Kier molecular flexibility index (Phi) is 4.94. The van der Waals surface area contributed by atoms with Gasteiger partial charge in [0.2, 0.25) is 0 Å². The largest absolute Gasteiger partial charge is 0.293 e. The van der Waals surface area contributed by atoms with Gasteiger partial charge in [-0.1, -0.05) is 111 Å². The molecule has 1 aliphatic carbocycles. The summed E-state index contributed by atoms with van der Waals surface area (Å²) in [5.41, 5.74) is 7.81. The first kappa shape index (κ1) is 25.1. The molecule has 0 fully saturated rings. The molecule has 9 aromatic rings. The lowest BCUT2D eigenvalue weighted by atomic mass is 9.85. The number of rotatable bonds is 2. The fraction of sp³-hybridized carbons (Fsp3) is 0.0732. The van der Waals surface area contributed by atoms with Crippen molar-refractivity contribution in [2.75, 3.05) is 0 Å². The lowest BCUT2D eigenvalue weighted by molar-refractivity contribution is 0.635. The van der Waals surface area contributed by atoms with Crippen molar-refractivity contribution in [3.63, 3.8) is 0 Å². The van der Waals surface area contributed by atoms with Gasteiger partial charge in [0.1, 0.15) is 5.82 Å². The van der Waals surface area contributed by atoms with Crippen molar-refractivity contribution in [1.82, 2.24) is 14.5 Å². The topological polar surface area (TPSA) is 30.7 Å². The Bertz CT molecular complexity index is 2690. The number of aromatic nitrogens is 3. The predicted molar refractivity (Wildman–Crippen MR) is 190 cm³/mol. The standard InChI is InChI=1S/C41H27N3S/c1-41(2)32-19-8-5-16-29(32)36-38(41)42-39(30-18-11-17-28-27-15-7-10-21-35(27)45-37(28)30)43-40(36)44-33-20-9-6-14-26(33)31-22-24-12-3-4-13-25(24)23-34(31)44/h3-23H,1-2H3.